The van der Waals surface area contributed by atoms with Crippen molar-refractivity contribution in [3.63, 3.8) is 0 Å². The Balaban J connectivity index is 1.83. The number of hydrogen-bond acceptors (Lipinski definition) is 3. The lowest BCUT2D eigenvalue weighted by Gasteiger charge is -2.19. The topological polar surface area (TPSA) is 67.1 Å². The van der Waals surface area contributed by atoms with E-state index in [4.69, 9.17) is 10.7 Å². The fraction of sp³-hybridized carbons (Fsp3) is 0.412. The van der Waals surface area contributed by atoms with E-state index in [1.807, 2.05) is 12.1 Å². The van der Waals surface area contributed by atoms with E-state index in [1.165, 1.54) is 32.1 Å². The van der Waals surface area contributed by atoms with Gasteiger partial charge in [0.15, 0.2) is 0 Å². The number of rotatable bonds is 3. The van der Waals surface area contributed by atoms with Crippen LogP contribution in [0, 0.1) is 0 Å². The van der Waals surface area contributed by atoms with E-state index < -0.39 is 0 Å². The van der Waals surface area contributed by atoms with Crippen LogP contribution in [0.3, 0.4) is 0 Å². The summed E-state index contributed by atoms with van der Waals surface area (Å²) in [6, 6.07) is 8.54. The third-order valence-corrected chi connectivity index (χ3v) is 4.20. The van der Waals surface area contributed by atoms with Crippen LogP contribution >= 0.6 is 0 Å². The van der Waals surface area contributed by atoms with Crippen molar-refractivity contribution in [1.29, 1.82) is 0 Å². The summed E-state index contributed by atoms with van der Waals surface area (Å²) in [7, 11) is 0. The number of aliphatic imine (C=N–C) groups is 1. The van der Waals surface area contributed by atoms with Crippen molar-refractivity contribution in [2.24, 2.45) is 4.99 Å². The van der Waals surface area contributed by atoms with Crippen LogP contribution in [0.2, 0.25) is 0 Å². The highest BCUT2D eigenvalue weighted by Crippen LogP contribution is 2.25. The number of nitrogens with zero attached hydrogens (tertiary/aromatic N) is 2. The fourth-order valence-corrected chi connectivity index (χ4v) is 3.03. The molecule has 1 aromatic heterocycles. The Hall–Kier alpha value is -2.10. The zero-order chi connectivity index (χ0) is 14.7. The quantitative estimate of drug-likeness (QED) is 0.664. The number of hydrogen-bond donors (Lipinski definition) is 2. The van der Waals surface area contributed by atoms with Gasteiger partial charge in [0.2, 0.25) is 0 Å². The molecule has 4 nitrogen and oxygen atoms in total. The number of aromatic nitrogens is 2. The number of nitrogens with one attached hydrogen (secondary N) is 1. The molecule has 2 aromatic rings. The summed E-state index contributed by atoms with van der Waals surface area (Å²) >= 11 is 0. The molecule has 1 aromatic carbocycles. The molecule has 0 saturated heterocycles. The molecule has 1 aliphatic carbocycles. The number of nitrogen functional groups attached to an aromatic ring is 1. The van der Waals surface area contributed by atoms with Crippen molar-refractivity contribution in [3.8, 4) is 11.3 Å². The van der Waals surface area contributed by atoms with E-state index in [9.17, 15) is 0 Å². The van der Waals surface area contributed by atoms with Gasteiger partial charge >= 0.3 is 0 Å². The van der Waals surface area contributed by atoms with E-state index in [2.05, 4.69) is 29.3 Å². The van der Waals surface area contributed by atoms with Gasteiger partial charge in [-0.2, -0.15) is 5.10 Å². The Morgan fingerprint density at radius 3 is 2.71 bits per heavy atom. The fourth-order valence-electron chi connectivity index (χ4n) is 3.03. The Labute approximate surface area is 125 Å². The van der Waals surface area contributed by atoms with Crippen molar-refractivity contribution in [2.75, 3.05) is 5.73 Å². The van der Waals surface area contributed by atoms with E-state index in [0.717, 1.165) is 28.2 Å². The van der Waals surface area contributed by atoms with Gasteiger partial charge in [-0.1, -0.05) is 31.4 Å². The summed E-state index contributed by atoms with van der Waals surface area (Å²) in [5, 5.41) is 6.93. The molecule has 0 unspecified atom stereocenters. The molecule has 110 valence electrons. The van der Waals surface area contributed by atoms with Crippen molar-refractivity contribution in [2.45, 2.75) is 45.1 Å². The highest BCUT2D eigenvalue weighted by molar-refractivity contribution is 6.03. The van der Waals surface area contributed by atoms with Gasteiger partial charge < -0.3 is 5.73 Å². The first kappa shape index (κ1) is 13.9. The zero-order valence-corrected chi connectivity index (χ0v) is 12.5. The molecular weight excluding hydrogens is 260 g/mol. The molecule has 4 heteroatoms. The van der Waals surface area contributed by atoms with Gasteiger partial charge in [-0.25, -0.2) is 0 Å². The molecule has 21 heavy (non-hydrogen) atoms. The summed E-state index contributed by atoms with van der Waals surface area (Å²) in [5.41, 5.74) is 11.1. The first-order chi connectivity index (χ1) is 10.2. The Morgan fingerprint density at radius 1 is 1.24 bits per heavy atom. The van der Waals surface area contributed by atoms with Crippen LogP contribution in [0.4, 0.5) is 5.69 Å². The van der Waals surface area contributed by atoms with Crippen LogP contribution < -0.4 is 5.73 Å². The first-order valence-corrected chi connectivity index (χ1v) is 7.68. The van der Waals surface area contributed by atoms with Gasteiger partial charge in [0.05, 0.1) is 11.7 Å². The first-order valence-electron chi connectivity index (χ1n) is 7.68. The third kappa shape index (κ3) is 3.15. The minimum atomic E-state index is 0.477. The maximum atomic E-state index is 6.22. The minimum Gasteiger partial charge on any atom is -0.398 e. The molecule has 0 aliphatic heterocycles. The Morgan fingerprint density at radius 2 is 2.05 bits per heavy atom. The second-order valence-electron chi connectivity index (χ2n) is 5.78. The molecule has 3 N–H and O–H groups in total. The van der Waals surface area contributed by atoms with Crippen molar-refractivity contribution in [1.82, 2.24) is 10.2 Å². The standard InChI is InChI=1S/C17H22N4/c1-12(20-14-5-3-2-4-6-14)15-8-7-13(11-16(15)18)17-9-10-19-21-17/h7-11,14H,2-6,18H2,1H3,(H,19,21). The maximum Gasteiger partial charge on any atom is 0.0650 e. The van der Waals surface area contributed by atoms with Crippen molar-refractivity contribution < 1.29 is 0 Å². The predicted octanol–water partition coefficient (Wildman–Crippen LogP) is 3.80. The lowest BCUT2D eigenvalue weighted by Crippen LogP contribution is -2.13. The van der Waals surface area contributed by atoms with Crippen molar-refractivity contribution >= 4 is 11.4 Å². The molecule has 1 fully saturated rings. The number of nitrogens with two attached hydrogens (primary N) is 1. The lowest BCUT2D eigenvalue weighted by molar-refractivity contribution is 0.443. The minimum absolute atomic E-state index is 0.477. The average molecular weight is 282 g/mol. The molecule has 3 rings (SSSR count). The van der Waals surface area contributed by atoms with Crippen LogP contribution in [0.1, 0.15) is 44.6 Å². The predicted molar refractivity (Wildman–Crippen MR) is 87.5 cm³/mol. The van der Waals surface area contributed by atoms with Crippen LogP contribution in [-0.4, -0.2) is 22.0 Å². The van der Waals surface area contributed by atoms with Gasteiger partial charge in [-0.3, -0.25) is 10.1 Å². The second-order valence-corrected chi connectivity index (χ2v) is 5.78. The average Bonchev–Trinajstić information content (AvgIpc) is 3.02. The number of benzene rings is 1. The SMILES string of the molecule is CC(=NC1CCCCC1)c1ccc(-c2ccn[nH]2)cc1N. The van der Waals surface area contributed by atoms with Gasteiger partial charge in [0.1, 0.15) is 0 Å². The van der Waals surface area contributed by atoms with Gasteiger partial charge in [0, 0.05) is 28.7 Å². The zero-order valence-electron chi connectivity index (χ0n) is 12.5. The molecule has 0 amide bonds. The monoisotopic (exact) mass is 282 g/mol. The third-order valence-electron chi connectivity index (χ3n) is 4.20. The van der Waals surface area contributed by atoms with Crippen LogP contribution in [0.25, 0.3) is 11.3 Å². The number of aromatic amines is 1. The lowest BCUT2D eigenvalue weighted by atomic mass is 9.95. The Bertz CT molecular complexity index is 622. The molecule has 0 bridgehead atoms. The molecule has 1 heterocycles. The Kier molecular flexibility index (Phi) is 4.04. The van der Waals surface area contributed by atoms with Crippen LogP contribution in [0.5, 0.6) is 0 Å². The molecule has 0 spiro atoms. The summed E-state index contributed by atoms with van der Waals surface area (Å²) < 4.78 is 0. The summed E-state index contributed by atoms with van der Waals surface area (Å²) in [6.45, 7) is 2.07. The summed E-state index contributed by atoms with van der Waals surface area (Å²) in [6.07, 6.45) is 8.12. The van der Waals surface area contributed by atoms with Crippen LogP contribution in [0.15, 0.2) is 35.5 Å². The molecule has 0 radical (unpaired) electrons. The van der Waals surface area contributed by atoms with E-state index in [1.54, 1.807) is 6.20 Å². The van der Waals surface area contributed by atoms with Gasteiger partial charge in [0.25, 0.3) is 0 Å². The van der Waals surface area contributed by atoms with Crippen LogP contribution in [-0.2, 0) is 0 Å². The molecule has 1 aliphatic rings. The molecule has 1 saturated carbocycles. The summed E-state index contributed by atoms with van der Waals surface area (Å²) in [4.78, 5) is 4.88. The van der Waals surface area contributed by atoms with E-state index in [0.29, 0.717) is 6.04 Å². The van der Waals surface area contributed by atoms with Gasteiger partial charge in [-0.15, -0.1) is 0 Å². The highest BCUT2D eigenvalue weighted by atomic mass is 15.1. The normalized spacial score (nSPS) is 17.1. The highest BCUT2D eigenvalue weighted by Gasteiger charge is 2.13. The summed E-state index contributed by atoms with van der Waals surface area (Å²) in [5.74, 6) is 0. The van der Waals surface area contributed by atoms with Crippen molar-refractivity contribution in [3.05, 3.63) is 36.0 Å². The largest absolute Gasteiger partial charge is 0.398 e. The maximum absolute atomic E-state index is 6.22. The molecular formula is C17H22N4. The van der Waals surface area contributed by atoms with Gasteiger partial charge in [-0.05, 0) is 31.9 Å². The van der Waals surface area contributed by atoms with E-state index in [-0.39, 0.29) is 0 Å². The second kappa shape index (κ2) is 6.12. The smallest absolute Gasteiger partial charge is 0.0650 e. The molecule has 0 atom stereocenters. The number of H-pyrrole nitrogens is 1. The van der Waals surface area contributed by atoms with E-state index >= 15 is 0 Å². The number of anilines is 1.